The van der Waals surface area contributed by atoms with Crippen LogP contribution in [-0.4, -0.2) is 15.3 Å². The largest absolute Gasteiger partial charge is 0.350 e. The van der Waals surface area contributed by atoms with Crippen LogP contribution < -0.4 is 5.32 Å². The van der Waals surface area contributed by atoms with Gasteiger partial charge in [-0.3, -0.25) is 4.79 Å². The molecule has 0 fully saturated rings. The van der Waals surface area contributed by atoms with Gasteiger partial charge in [0, 0.05) is 33.8 Å². The Morgan fingerprint density at radius 2 is 1.58 bits per heavy atom. The Bertz CT molecular complexity index is 1510. The molecular formula is C30H25Cl2N3O. The number of imidazole rings is 1. The molecule has 0 saturated heterocycles. The summed E-state index contributed by atoms with van der Waals surface area (Å²) in [6, 6.07) is 29.3. The van der Waals surface area contributed by atoms with Crippen molar-refractivity contribution in [3.05, 3.63) is 118 Å². The number of rotatable bonds is 7. The van der Waals surface area contributed by atoms with Crippen LogP contribution in [0.5, 0.6) is 0 Å². The van der Waals surface area contributed by atoms with E-state index in [2.05, 4.69) is 9.72 Å². The number of aromatic nitrogens is 2. The zero-order chi connectivity index (χ0) is 25.1. The van der Waals surface area contributed by atoms with Crippen LogP contribution in [0.3, 0.4) is 0 Å². The monoisotopic (exact) mass is 513 g/mol. The van der Waals surface area contributed by atoms with E-state index >= 15 is 0 Å². The van der Waals surface area contributed by atoms with Gasteiger partial charge in [0.05, 0.1) is 17.4 Å². The van der Waals surface area contributed by atoms with Crippen LogP contribution in [-0.2, 0) is 11.2 Å². The molecule has 5 rings (SSSR count). The molecule has 0 aliphatic heterocycles. The Kier molecular flexibility index (Phi) is 7.08. The highest BCUT2D eigenvalue weighted by atomic mass is 35.5. The zero-order valence-corrected chi connectivity index (χ0v) is 21.3. The molecule has 3 aromatic carbocycles. The normalized spacial score (nSPS) is 12.0. The first-order valence-electron chi connectivity index (χ1n) is 11.9. The van der Waals surface area contributed by atoms with Crippen LogP contribution in [0.25, 0.3) is 28.0 Å². The highest BCUT2D eigenvalue weighted by molar-refractivity contribution is 6.33. The van der Waals surface area contributed by atoms with Gasteiger partial charge >= 0.3 is 0 Å². The lowest BCUT2D eigenvalue weighted by atomic mass is 10.1. The molecule has 0 aliphatic carbocycles. The molecule has 1 amide bonds. The first kappa shape index (κ1) is 24.1. The number of hydrogen-bond acceptors (Lipinski definition) is 2. The Morgan fingerprint density at radius 3 is 2.33 bits per heavy atom. The number of nitrogens with one attached hydrogen (secondary N) is 1. The van der Waals surface area contributed by atoms with Crippen LogP contribution in [0.2, 0.25) is 10.0 Å². The van der Waals surface area contributed by atoms with Crippen molar-refractivity contribution in [2.75, 3.05) is 0 Å². The topological polar surface area (TPSA) is 46.4 Å². The van der Waals surface area contributed by atoms with Crippen molar-refractivity contribution in [2.24, 2.45) is 0 Å². The minimum Gasteiger partial charge on any atom is -0.350 e. The maximum absolute atomic E-state index is 12.9. The number of carbonyl (C=O) groups excluding carboxylic acids is 1. The van der Waals surface area contributed by atoms with E-state index in [1.165, 1.54) is 0 Å². The molecule has 36 heavy (non-hydrogen) atoms. The summed E-state index contributed by atoms with van der Waals surface area (Å²) in [7, 11) is 0. The first-order valence-corrected chi connectivity index (χ1v) is 12.6. The predicted octanol–water partition coefficient (Wildman–Crippen LogP) is 7.79. The fourth-order valence-electron chi connectivity index (χ4n) is 4.40. The lowest BCUT2D eigenvalue weighted by molar-refractivity contribution is -0.121. The van der Waals surface area contributed by atoms with Gasteiger partial charge in [0.25, 0.3) is 0 Å². The summed E-state index contributed by atoms with van der Waals surface area (Å²) < 4.78 is 2.07. The van der Waals surface area contributed by atoms with E-state index in [-0.39, 0.29) is 11.9 Å². The minimum atomic E-state index is -0.0663. The number of nitrogens with zero attached hydrogens (tertiary/aromatic N) is 2. The van der Waals surface area contributed by atoms with Crippen LogP contribution in [0.1, 0.15) is 30.6 Å². The molecule has 5 aromatic rings. The number of halogens is 2. The average Bonchev–Trinajstić information content (AvgIpc) is 3.26. The first-order chi connectivity index (χ1) is 17.5. The zero-order valence-electron chi connectivity index (χ0n) is 19.8. The standard InChI is InChI=1S/C30H25Cl2N3O/c1-20(21-7-3-2-4-8-21)33-29(36)18-16-27-30(22-11-14-24(31)15-12-22)34-28-17-13-23(19-35(27)28)25-9-5-6-10-26(25)32/h2-15,17,19-20H,16,18H2,1H3,(H,33,36)/t20-/m0/s1. The van der Waals surface area contributed by atoms with Crippen molar-refractivity contribution in [1.29, 1.82) is 0 Å². The summed E-state index contributed by atoms with van der Waals surface area (Å²) in [5.41, 5.74) is 6.57. The summed E-state index contributed by atoms with van der Waals surface area (Å²) in [5, 5.41) is 4.47. The molecule has 0 aliphatic rings. The Hall–Kier alpha value is -3.60. The van der Waals surface area contributed by atoms with E-state index in [1.807, 2.05) is 104 Å². The number of amides is 1. The van der Waals surface area contributed by atoms with Gasteiger partial charge in [0.15, 0.2) is 0 Å². The molecule has 1 N–H and O–H groups in total. The van der Waals surface area contributed by atoms with Crippen LogP contribution in [0.4, 0.5) is 0 Å². The lowest BCUT2D eigenvalue weighted by Gasteiger charge is -2.14. The number of pyridine rings is 1. The van der Waals surface area contributed by atoms with E-state index < -0.39 is 0 Å². The predicted molar refractivity (Wildman–Crippen MR) is 147 cm³/mol. The van der Waals surface area contributed by atoms with Gasteiger partial charge < -0.3 is 9.72 Å². The van der Waals surface area contributed by atoms with Crippen molar-refractivity contribution in [3.63, 3.8) is 0 Å². The van der Waals surface area contributed by atoms with Gasteiger partial charge in [-0.05, 0) is 54.8 Å². The van der Waals surface area contributed by atoms with Crippen LogP contribution in [0, 0.1) is 0 Å². The molecule has 0 saturated carbocycles. The molecule has 1 atom stereocenters. The molecule has 2 aromatic heterocycles. The molecule has 6 heteroatoms. The Morgan fingerprint density at radius 1 is 0.889 bits per heavy atom. The van der Waals surface area contributed by atoms with E-state index in [9.17, 15) is 4.79 Å². The molecular weight excluding hydrogens is 489 g/mol. The lowest BCUT2D eigenvalue weighted by Crippen LogP contribution is -2.26. The van der Waals surface area contributed by atoms with Gasteiger partial charge in [-0.1, -0.05) is 83.9 Å². The summed E-state index contributed by atoms with van der Waals surface area (Å²) >= 11 is 12.6. The van der Waals surface area contributed by atoms with Crippen LogP contribution in [0.15, 0.2) is 97.2 Å². The molecule has 4 nitrogen and oxygen atoms in total. The van der Waals surface area contributed by atoms with Gasteiger partial charge in [-0.2, -0.15) is 0 Å². The van der Waals surface area contributed by atoms with Crippen molar-refractivity contribution in [3.8, 4) is 22.4 Å². The quantitative estimate of drug-likeness (QED) is 0.241. The third kappa shape index (κ3) is 5.15. The summed E-state index contributed by atoms with van der Waals surface area (Å²) in [4.78, 5) is 17.8. The van der Waals surface area contributed by atoms with E-state index in [4.69, 9.17) is 28.2 Å². The fourth-order valence-corrected chi connectivity index (χ4v) is 4.77. The second kappa shape index (κ2) is 10.6. The van der Waals surface area contributed by atoms with Crippen molar-refractivity contribution in [2.45, 2.75) is 25.8 Å². The number of aryl methyl sites for hydroxylation is 1. The smallest absolute Gasteiger partial charge is 0.220 e. The maximum Gasteiger partial charge on any atom is 0.220 e. The number of benzene rings is 3. The maximum atomic E-state index is 12.9. The van der Waals surface area contributed by atoms with Gasteiger partial charge in [-0.15, -0.1) is 0 Å². The molecule has 2 heterocycles. The fraction of sp³-hybridized carbons (Fsp3) is 0.133. The molecule has 0 unspecified atom stereocenters. The summed E-state index contributed by atoms with van der Waals surface area (Å²) in [6.45, 7) is 2.00. The second-order valence-corrected chi connectivity index (χ2v) is 9.58. The molecule has 0 radical (unpaired) electrons. The van der Waals surface area contributed by atoms with Crippen molar-refractivity contribution in [1.82, 2.24) is 14.7 Å². The third-order valence-electron chi connectivity index (χ3n) is 6.29. The van der Waals surface area contributed by atoms with Crippen molar-refractivity contribution >= 4 is 34.8 Å². The Balaban J connectivity index is 1.48. The van der Waals surface area contributed by atoms with E-state index in [0.717, 1.165) is 39.3 Å². The van der Waals surface area contributed by atoms with E-state index in [0.29, 0.717) is 22.9 Å². The third-order valence-corrected chi connectivity index (χ3v) is 6.87. The second-order valence-electron chi connectivity index (χ2n) is 8.74. The van der Waals surface area contributed by atoms with Gasteiger partial charge in [0.1, 0.15) is 5.65 Å². The number of hydrogen-bond donors (Lipinski definition) is 1. The number of carbonyl (C=O) groups is 1. The summed E-state index contributed by atoms with van der Waals surface area (Å²) in [5.74, 6) is -0.00869. The van der Waals surface area contributed by atoms with Gasteiger partial charge in [-0.25, -0.2) is 4.98 Å². The molecule has 180 valence electrons. The highest BCUT2D eigenvalue weighted by Crippen LogP contribution is 2.31. The van der Waals surface area contributed by atoms with Crippen LogP contribution >= 0.6 is 23.2 Å². The molecule has 0 spiro atoms. The SMILES string of the molecule is C[C@H](NC(=O)CCc1c(-c2ccc(Cl)cc2)nc2ccc(-c3ccccc3Cl)cn12)c1ccccc1. The minimum absolute atomic E-state index is 0.00869. The molecule has 0 bridgehead atoms. The summed E-state index contributed by atoms with van der Waals surface area (Å²) in [6.07, 6.45) is 2.91. The van der Waals surface area contributed by atoms with Crippen molar-refractivity contribution < 1.29 is 4.79 Å². The number of fused-ring (bicyclic) bond motifs is 1. The Labute approximate surface area is 220 Å². The van der Waals surface area contributed by atoms with E-state index in [1.54, 1.807) is 0 Å². The average molecular weight is 514 g/mol. The highest BCUT2D eigenvalue weighted by Gasteiger charge is 2.17. The van der Waals surface area contributed by atoms with Gasteiger partial charge in [0.2, 0.25) is 5.91 Å².